The third kappa shape index (κ3) is 9.51. The normalized spacial score (nSPS) is 12.1. The Balaban J connectivity index is 1.87. The molecule has 0 radical (unpaired) electrons. The molecule has 0 unspecified atom stereocenters. The number of amides is 2. The standard InChI is InChI=1S/C29H29N3O7/c30-20-21-10-14-23(15-11-21)31-29(35)39-28(22-12-16-24(17-13-22)37-19-18-33)26(8-4-5-9-27(34)32-36)38-25-6-2-1-3-7-25/h1-3,5-7,9-17,26,28,33,36H,4,8,18-19H2,(H,31,35)(H,32,34)/b9-5+/t26-,28-/m1/s1. The van der Waals surface area contributed by atoms with Crippen LogP contribution >= 0.6 is 0 Å². The molecule has 3 aromatic rings. The number of allylic oxidation sites excluding steroid dienone is 1. The minimum absolute atomic E-state index is 0.127. The van der Waals surface area contributed by atoms with Gasteiger partial charge in [0.1, 0.15) is 24.2 Å². The van der Waals surface area contributed by atoms with Crippen molar-refractivity contribution in [3.8, 4) is 17.6 Å². The van der Waals surface area contributed by atoms with E-state index in [-0.39, 0.29) is 13.2 Å². The van der Waals surface area contributed by atoms with E-state index in [9.17, 15) is 9.59 Å². The SMILES string of the molecule is N#Cc1ccc(NC(=O)O[C@H](c2ccc(OCCO)cc2)[C@@H](CC/C=C/C(=O)NO)Oc2ccccc2)cc1. The van der Waals surface area contributed by atoms with Gasteiger partial charge in [-0.1, -0.05) is 36.4 Å². The third-order valence-corrected chi connectivity index (χ3v) is 5.43. The number of hydrogen-bond donors (Lipinski definition) is 4. The molecule has 2 atom stereocenters. The van der Waals surface area contributed by atoms with Gasteiger partial charge in [-0.05, 0) is 66.9 Å². The fourth-order valence-electron chi connectivity index (χ4n) is 3.60. The number of benzene rings is 3. The number of ether oxygens (including phenoxy) is 3. The van der Waals surface area contributed by atoms with E-state index < -0.39 is 24.2 Å². The molecule has 0 saturated heterocycles. The molecule has 0 aromatic heterocycles. The summed E-state index contributed by atoms with van der Waals surface area (Å²) in [7, 11) is 0. The summed E-state index contributed by atoms with van der Waals surface area (Å²) in [6, 6.07) is 24.3. The second kappa shape index (κ2) is 15.4. The number of nitriles is 1. The molecule has 3 rings (SSSR count). The number of nitrogens with zero attached hydrogens (tertiary/aromatic N) is 1. The van der Waals surface area contributed by atoms with Crippen LogP contribution in [0.4, 0.5) is 10.5 Å². The largest absolute Gasteiger partial charge is 0.491 e. The van der Waals surface area contributed by atoms with Crippen molar-refractivity contribution in [3.05, 3.63) is 102 Å². The van der Waals surface area contributed by atoms with Crippen LogP contribution in [0.5, 0.6) is 11.5 Å². The first-order valence-corrected chi connectivity index (χ1v) is 12.2. The molecule has 0 aliphatic carbocycles. The number of nitrogens with one attached hydrogen (secondary N) is 2. The van der Waals surface area contributed by atoms with Crippen molar-refractivity contribution >= 4 is 17.7 Å². The van der Waals surface area contributed by atoms with Gasteiger partial charge in [-0.3, -0.25) is 15.3 Å². The zero-order valence-corrected chi connectivity index (χ0v) is 21.0. The van der Waals surface area contributed by atoms with Crippen LogP contribution in [0, 0.1) is 11.3 Å². The first-order valence-electron chi connectivity index (χ1n) is 12.2. The molecule has 202 valence electrons. The number of aliphatic hydroxyl groups is 1. The fourth-order valence-corrected chi connectivity index (χ4v) is 3.60. The molecular weight excluding hydrogens is 502 g/mol. The first kappa shape index (κ1) is 28.7. The predicted octanol–water partition coefficient (Wildman–Crippen LogP) is 4.51. The van der Waals surface area contributed by atoms with Crippen LogP contribution < -0.4 is 20.3 Å². The number of aliphatic hydroxyl groups excluding tert-OH is 1. The van der Waals surface area contributed by atoms with E-state index in [1.807, 2.05) is 24.3 Å². The van der Waals surface area contributed by atoms with Gasteiger partial charge in [-0.2, -0.15) is 5.26 Å². The Morgan fingerprint density at radius 2 is 1.69 bits per heavy atom. The smallest absolute Gasteiger partial charge is 0.412 e. The van der Waals surface area contributed by atoms with Gasteiger partial charge in [0.05, 0.1) is 18.2 Å². The van der Waals surface area contributed by atoms with Gasteiger partial charge in [0.15, 0.2) is 6.10 Å². The van der Waals surface area contributed by atoms with Crippen LogP contribution in [0.3, 0.4) is 0 Å². The quantitative estimate of drug-likeness (QED) is 0.143. The van der Waals surface area contributed by atoms with Crippen LogP contribution in [0.1, 0.15) is 30.1 Å². The van der Waals surface area contributed by atoms with E-state index in [4.69, 9.17) is 29.8 Å². The fraction of sp³-hybridized carbons (Fsp3) is 0.207. The summed E-state index contributed by atoms with van der Waals surface area (Å²) < 4.78 is 17.6. The lowest BCUT2D eigenvalue weighted by atomic mass is 10.00. The van der Waals surface area contributed by atoms with Gasteiger partial charge in [-0.15, -0.1) is 0 Å². The summed E-state index contributed by atoms with van der Waals surface area (Å²) >= 11 is 0. The molecule has 0 aliphatic heterocycles. The summed E-state index contributed by atoms with van der Waals surface area (Å²) in [6.07, 6.45) is 1.21. The van der Waals surface area contributed by atoms with Gasteiger partial charge in [0.2, 0.25) is 0 Å². The number of hydrogen-bond acceptors (Lipinski definition) is 8. The number of para-hydroxylation sites is 1. The zero-order valence-electron chi connectivity index (χ0n) is 21.0. The molecule has 0 spiro atoms. The van der Waals surface area contributed by atoms with Crippen LogP contribution in [-0.4, -0.2) is 41.6 Å². The molecule has 0 heterocycles. The van der Waals surface area contributed by atoms with Crippen LogP contribution in [0.15, 0.2) is 91.0 Å². The summed E-state index contributed by atoms with van der Waals surface area (Å²) in [5.74, 6) is 0.430. The van der Waals surface area contributed by atoms with E-state index in [0.717, 1.165) is 0 Å². The van der Waals surface area contributed by atoms with Crippen molar-refractivity contribution in [2.24, 2.45) is 0 Å². The molecular formula is C29H29N3O7. The summed E-state index contributed by atoms with van der Waals surface area (Å²) in [5, 5.41) is 29.4. The van der Waals surface area contributed by atoms with Crippen molar-refractivity contribution in [1.82, 2.24) is 5.48 Å². The number of carbonyl (C=O) groups is 2. The van der Waals surface area contributed by atoms with Crippen molar-refractivity contribution in [1.29, 1.82) is 5.26 Å². The Morgan fingerprint density at radius 1 is 0.974 bits per heavy atom. The Hall–Kier alpha value is -4.85. The maximum absolute atomic E-state index is 13.0. The van der Waals surface area contributed by atoms with Gasteiger partial charge < -0.3 is 19.3 Å². The molecule has 2 amide bonds. The van der Waals surface area contributed by atoms with Crippen LogP contribution in [-0.2, 0) is 9.53 Å². The molecule has 10 heteroatoms. The number of anilines is 1. The topological polar surface area (TPSA) is 150 Å². The number of rotatable bonds is 13. The van der Waals surface area contributed by atoms with Crippen LogP contribution in [0.25, 0.3) is 0 Å². The molecule has 0 aliphatic rings. The van der Waals surface area contributed by atoms with Crippen molar-refractivity contribution in [3.63, 3.8) is 0 Å². The third-order valence-electron chi connectivity index (χ3n) is 5.43. The Bertz CT molecular complexity index is 1260. The molecule has 0 bridgehead atoms. The first-order chi connectivity index (χ1) is 19.0. The summed E-state index contributed by atoms with van der Waals surface area (Å²) in [5.41, 5.74) is 3.06. The van der Waals surface area contributed by atoms with Crippen molar-refractivity contribution in [2.75, 3.05) is 18.5 Å². The highest BCUT2D eigenvalue weighted by Crippen LogP contribution is 2.30. The minimum Gasteiger partial charge on any atom is -0.491 e. The van der Waals surface area contributed by atoms with Gasteiger partial charge >= 0.3 is 6.09 Å². The average molecular weight is 532 g/mol. The highest BCUT2D eigenvalue weighted by Gasteiger charge is 2.29. The maximum Gasteiger partial charge on any atom is 0.412 e. The van der Waals surface area contributed by atoms with E-state index in [1.165, 1.54) is 11.6 Å². The zero-order chi connectivity index (χ0) is 27.9. The molecule has 0 fully saturated rings. The van der Waals surface area contributed by atoms with E-state index >= 15 is 0 Å². The van der Waals surface area contributed by atoms with Gasteiger partial charge in [0.25, 0.3) is 5.91 Å². The molecule has 3 aromatic carbocycles. The minimum atomic E-state index is -0.879. The monoisotopic (exact) mass is 531 g/mol. The van der Waals surface area contributed by atoms with Crippen molar-refractivity contribution < 1.29 is 34.1 Å². The Labute approximate surface area is 226 Å². The lowest BCUT2D eigenvalue weighted by Gasteiger charge is -2.28. The summed E-state index contributed by atoms with van der Waals surface area (Å²) in [4.78, 5) is 24.3. The van der Waals surface area contributed by atoms with E-state index in [2.05, 4.69) is 5.32 Å². The van der Waals surface area contributed by atoms with E-state index in [0.29, 0.717) is 41.2 Å². The Morgan fingerprint density at radius 3 is 2.33 bits per heavy atom. The van der Waals surface area contributed by atoms with Crippen molar-refractivity contribution in [2.45, 2.75) is 25.0 Å². The summed E-state index contributed by atoms with van der Waals surface area (Å²) in [6.45, 7) is 0.0115. The molecule has 39 heavy (non-hydrogen) atoms. The second-order valence-corrected chi connectivity index (χ2v) is 8.21. The lowest BCUT2D eigenvalue weighted by molar-refractivity contribution is -0.124. The molecule has 10 nitrogen and oxygen atoms in total. The average Bonchev–Trinajstić information content (AvgIpc) is 2.97. The Kier molecular flexibility index (Phi) is 11.3. The van der Waals surface area contributed by atoms with E-state index in [1.54, 1.807) is 66.7 Å². The van der Waals surface area contributed by atoms with Crippen LogP contribution in [0.2, 0.25) is 0 Å². The van der Waals surface area contributed by atoms with Gasteiger partial charge in [-0.25, -0.2) is 10.3 Å². The second-order valence-electron chi connectivity index (χ2n) is 8.21. The molecule has 0 saturated carbocycles. The highest BCUT2D eigenvalue weighted by molar-refractivity contribution is 5.86. The highest BCUT2D eigenvalue weighted by atomic mass is 16.6. The number of carbonyl (C=O) groups excluding carboxylic acids is 2. The van der Waals surface area contributed by atoms with Gasteiger partial charge in [0, 0.05) is 11.8 Å². The maximum atomic E-state index is 13.0. The molecule has 4 N–H and O–H groups in total. The number of hydroxylamine groups is 1. The lowest BCUT2D eigenvalue weighted by Crippen LogP contribution is -2.31. The predicted molar refractivity (Wildman–Crippen MR) is 142 cm³/mol.